The van der Waals surface area contributed by atoms with Crippen LogP contribution in [0.25, 0.3) is 0 Å². The first-order chi connectivity index (χ1) is 12.8. The van der Waals surface area contributed by atoms with Crippen molar-refractivity contribution in [2.45, 2.75) is 12.5 Å². The Hall–Kier alpha value is -3.35. The summed E-state index contributed by atoms with van der Waals surface area (Å²) in [6, 6.07) is 15.7. The van der Waals surface area contributed by atoms with Crippen LogP contribution >= 0.6 is 0 Å². The number of anilines is 2. The summed E-state index contributed by atoms with van der Waals surface area (Å²) >= 11 is 0. The number of urea groups is 1. The number of carbonyl (C=O) groups is 3. The lowest BCUT2D eigenvalue weighted by atomic mass is 9.92. The minimum atomic E-state index is -1.18. The van der Waals surface area contributed by atoms with E-state index in [0.29, 0.717) is 11.3 Å². The SMILES string of the molecule is CN(C)c1ccccc1NC(=O)CN1C(=O)NC(C)(c2ccccc2)C1=O. The Morgan fingerprint density at radius 2 is 1.70 bits per heavy atom. The lowest BCUT2D eigenvalue weighted by Gasteiger charge is -2.22. The molecule has 140 valence electrons. The molecule has 1 aliphatic heterocycles. The molecule has 0 spiro atoms. The number of imide groups is 1. The number of para-hydroxylation sites is 2. The van der Waals surface area contributed by atoms with Crippen molar-refractivity contribution in [2.75, 3.05) is 30.9 Å². The average molecular weight is 366 g/mol. The van der Waals surface area contributed by atoms with E-state index < -0.39 is 23.4 Å². The standard InChI is InChI=1S/C20H22N4O3/c1-20(14-9-5-4-6-10-14)18(26)24(19(27)22-20)13-17(25)21-15-11-7-8-12-16(15)23(2)3/h4-12H,13H2,1-3H3,(H,21,25)(H,22,27). The van der Waals surface area contributed by atoms with Crippen LogP contribution in [0.4, 0.5) is 16.2 Å². The molecule has 1 fully saturated rings. The van der Waals surface area contributed by atoms with E-state index in [1.165, 1.54) is 0 Å². The molecule has 7 heteroatoms. The van der Waals surface area contributed by atoms with E-state index in [2.05, 4.69) is 10.6 Å². The highest BCUT2D eigenvalue weighted by atomic mass is 16.2. The number of rotatable bonds is 5. The molecule has 1 saturated heterocycles. The van der Waals surface area contributed by atoms with Crippen LogP contribution in [0, 0.1) is 0 Å². The molecule has 1 atom stereocenters. The largest absolute Gasteiger partial charge is 0.376 e. The molecule has 1 heterocycles. The first-order valence-corrected chi connectivity index (χ1v) is 8.59. The van der Waals surface area contributed by atoms with E-state index in [-0.39, 0.29) is 6.54 Å². The summed E-state index contributed by atoms with van der Waals surface area (Å²) in [6.07, 6.45) is 0. The number of hydrogen-bond donors (Lipinski definition) is 2. The van der Waals surface area contributed by atoms with Crippen molar-refractivity contribution < 1.29 is 14.4 Å². The molecular formula is C20H22N4O3. The van der Waals surface area contributed by atoms with Crippen LogP contribution in [0.2, 0.25) is 0 Å². The Balaban J connectivity index is 1.75. The fourth-order valence-corrected chi connectivity index (χ4v) is 3.11. The van der Waals surface area contributed by atoms with Crippen LogP contribution in [0.1, 0.15) is 12.5 Å². The van der Waals surface area contributed by atoms with Crippen molar-refractivity contribution in [3.05, 3.63) is 60.2 Å². The zero-order chi connectivity index (χ0) is 19.6. The number of hydrogen-bond acceptors (Lipinski definition) is 4. The Morgan fingerprint density at radius 3 is 2.37 bits per heavy atom. The quantitative estimate of drug-likeness (QED) is 0.795. The predicted octanol–water partition coefficient (Wildman–Crippen LogP) is 2.16. The molecule has 3 rings (SSSR count). The predicted molar refractivity (Wildman–Crippen MR) is 103 cm³/mol. The van der Waals surface area contributed by atoms with E-state index in [1.807, 2.05) is 43.3 Å². The molecule has 7 nitrogen and oxygen atoms in total. The Bertz CT molecular complexity index is 882. The van der Waals surface area contributed by atoms with Gasteiger partial charge in [-0.15, -0.1) is 0 Å². The maximum absolute atomic E-state index is 12.9. The minimum Gasteiger partial charge on any atom is -0.376 e. The molecule has 2 N–H and O–H groups in total. The topological polar surface area (TPSA) is 81.8 Å². The molecule has 0 aromatic heterocycles. The molecule has 27 heavy (non-hydrogen) atoms. The number of carbonyl (C=O) groups excluding carboxylic acids is 3. The van der Waals surface area contributed by atoms with E-state index in [0.717, 1.165) is 10.6 Å². The number of amides is 4. The normalized spacial score (nSPS) is 19.0. The van der Waals surface area contributed by atoms with Gasteiger partial charge in [-0.1, -0.05) is 42.5 Å². The highest BCUT2D eigenvalue weighted by Gasteiger charge is 2.49. The molecular weight excluding hydrogens is 344 g/mol. The number of benzene rings is 2. The third kappa shape index (κ3) is 3.48. The summed E-state index contributed by atoms with van der Waals surface area (Å²) in [5, 5.41) is 5.47. The third-order valence-corrected chi connectivity index (χ3v) is 4.59. The van der Waals surface area contributed by atoms with Gasteiger partial charge in [-0.05, 0) is 24.6 Å². The maximum atomic E-state index is 12.9. The first-order valence-electron chi connectivity index (χ1n) is 8.59. The van der Waals surface area contributed by atoms with Gasteiger partial charge in [0.15, 0.2) is 0 Å². The smallest absolute Gasteiger partial charge is 0.325 e. The molecule has 4 amide bonds. The molecule has 1 aliphatic rings. The Morgan fingerprint density at radius 1 is 1.07 bits per heavy atom. The van der Waals surface area contributed by atoms with E-state index in [1.54, 1.807) is 37.3 Å². The van der Waals surface area contributed by atoms with Crippen LogP contribution in [0.15, 0.2) is 54.6 Å². The maximum Gasteiger partial charge on any atom is 0.325 e. The van der Waals surface area contributed by atoms with Gasteiger partial charge >= 0.3 is 6.03 Å². The summed E-state index contributed by atoms with van der Waals surface area (Å²) in [5.74, 6) is -0.889. The molecule has 1 unspecified atom stereocenters. The van der Waals surface area contributed by atoms with Gasteiger partial charge in [0.05, 0.1) is 11.4 Å². The second-order valence-electron chi connectivity index (χ2n) is 6.77. The van der Waals surface area contributed by atoms with E-state index in [4.69, 9.17) is 0 Å². The average Bonchev–Trinajstić information content (AvgIpc) is 2.87. The number of nitrogens with one attached hydrogen (secondary N) is 2. The van der Waals surface area contributed by atoms with E-state index in [9.17, 15) is 14.4 Å². The zero-order valence-corrected chi connectivity index (χ0v) is 15.5. The van der Waals surface area contributed by atoms with E-state index >= 15 is 0 Å². The van der Waals surface area contributed by atoms with Gasteiger partial charge in [-0.3, -0.25) is 14.5 Å². The molecule has 2 aromatic carbocycles. The Labute approximate surface area is 158 Å². The fraction of sp³-hybridized carbons (Fsp3) is 0.250. The highest BCUT2D eigenvalue weighted by Crippen LogP contribution is 2.29. The second-order valence-corrected chi connectivity index (χ2v) is 6.77. The lowest BCUT2D eigenvalue weighted by molar-refractivity contribution is -0.133. The lowest BCUT2D eigenvalue weighted by Crippen LogP contribution is -2.42. The minimum absolute atomic E-state index is 0.352. The van der Waals surface area contributed by atoms with Gasteiger partial charge in [-0.2, -0.15) is 0 Å². The molecule has 0 saturated carbocycles. The van der Waals surface area contributed by atoms with Crippen molar-refractivity contribution in [3.63, 3.8) is 0 Å². The summed E-state index contributed by atoms with van der Waals surface area (Å²) in [6.45, 7) is 1.29. The van der Waals surface area contributed by atoms with Crippen molar-refractivity contribution >= 4 is 29.2 Å². The molecule has 0 radical (unpaired) electrons. The van der Waals surface area contributed by atoms with Crippen LogP contribution in [-0.2, 0) is 15.1 Å². The van der Waals surface area contributed by atoms with Crippen LogP contribution in [-0.4, -0.2) is 43.4 Å². The Kier molecular flexibility index (Phi) is 4.85. The summed E-state index contributed by atoms with van der Waals surface area (Å²) in [7, 11) is 3.74. The van der Waals surface area contributed by atoms with Crippen molar-refractivity contribution in [2.24, 2.45) is 0 Å². The molecule has 0 aliphatic carbocycles. The van der Waals surface area contributed by atoms with Gasteiger partial charge in [0, 0.05) is 14.1 Å². The monoisotopic (exact) mass is 366 g/mol. The van der Waals surface area contributed by atoms with Crippen LogP contribution < -0.4 is 15.5 Å². The van der Waals surface area contributed by atoms with Crippen LogP contribution in [0.3, 0.4) is 0 Å². The third-order valence-electron chi connectivity index (χ3n) is 4.59. The summed E-state index contributed by atoms with van der Waals surface area (Å²) in [5.41, 5.74) is 0.937. The van der Waals surface area contributed by atoms with Crippen molar-refractivity contribution in [3.8, 4) is 0 Å². The molecule has 2 aromatic rings. The zero-order valence-electron chi connectivity index (χ0n) is 15.5. The van der Waals surface area contributed by atoms with Gasteiger partial charge in [0.25, 0.3) is 5.91 Å². The van der Waals surface area contributed by atoms with Crippen molar-refractivity contribution in [1.29, 1.82) is 0 Å². The molecule has 0 bridgehead atoms. The van der Waals surface area contributed by atoms with Crippen molar-refractivity contribution in [1.82, 2.24) is 10.2 Å². The first kappa shape index (κ1) is 18.4. The second kappa shape index (κ2) is 7.11. The summed E-state index contributed by atoms with van der Waals surface area (Å²) in [4.78, 5) is 40.5. The number of nitrogens with zero attached hydrogens (tertiary/aromatic N) is 2. The highest BCUT2D eigenvalue weighted by molar-refractivity contribution is 6.10. The summed E-state index contributed by atoms with van der Waals surface area (Å²) < 4.78 is 0. The van der Waals surface area contributed by atoms with Gasteiger partial charge in [0.1, 0.15) is 12.1 Å². The van der Waals surface area contributed by atoms with Crippen LogP contribution in [0.5, 0.6) is 0 Å². The fourth-order valence-electron chi connectivity index (χ4n) is 3.11. The van der Waals surface area contributed by atoms with Gasteiger partial charge in [-0.25, -0.2) is 4.79 Å². The van der Waals surface area contributed by atoms with Gasteiger partial charge < -0.3 is 15.5 Å². The van der Waals surface area contributed by atoms with Gasteiger partial charge in [0.2, 0.25) is 5.91 Å².